The molecule has 0 atom stereocenters. The van der Waals surface area contributed by atoms with E-state index in [-0.39, 0.29) is 22.0 Å². The SMILES string of the molecule is COC(=O)c1cc(NC(=O)c2nn(-c3ccccc3F)c(C)cc2=O)ccc1Cl. The number of carbonyl (C=O) groups is 2. The number of hydrogen-bond donors (Lipinski definition) is 1. The zero-order valence-electron chi connectivity index (χ0n) is 15.4. The van der Waals surface area contributed by atoms with Crippen LogP contribution in [-0.2, 0) is 4.74 Å². The number of aryl methyl sites for hydroxylation is 1. The molecular weight excluding hydrogens is 401 g/mol. The number of anilines is 1. The molecule has 1 N–H and O–H groups in total. The normalized spacial score (nSPS) is 10.5. The van der Waals surface area contributed by atoms with Crippen LogP contribution in [0.2, 0.25) is 5.02 Å². The van der Waals surface area contributed by atoms with Crippen LogP contribution in [0.25, 0.3) is 5.69 Å². The van der Waals surface area contributed by atoms with Gasteiger partial charge < -0.3 is 10.1 Å². The van der Waals surface area contributed by atoms with Gasteiger partial charge in [0, 0.05) is 17.4 Å². The highest BCUT2D eigenvalue weighted by Crippen LogP contribution is 2.22. The topological polar surface area (TPSA) is 90.3 Å². The molecule has 0 radical (unpaired) electrons. The summed E-state index contributed by atoms with van der Waals surface area (Å²) in [5, 5.41) is 6.65. The van der Waals surface area contributed by atoms with Crippen LogP contribution >= 0.6 is 11.6 Å². The monoisotopic (exact) mass is 415 g/mol. The smallest absolute Gasteiger partial charge is 0.339 e. The summed E-state index contributed by atoms with van der Waals surface area (Å²) in [5.41, 5.74) is -0.357. The maximum atomic E-state index is 14.1. The van der Waals surface area contributed by atoms with E-state index in [0.29, 0.717) is 5.69 Å². The Labute approximate surface area is 169 Å². The number of esters is 1. The Balaban J connectivity index is 1.98. The van der Waals surface area contributed by atoms with Crippen molar-refractivity contribution in [2.24, 2.45) is 0 Å². The Morgan fingerprint density at radius 3 is 2.59 bits per heavy atom. The van der Waals surface area contributed by atoms with E-state index in [1.165, 1.54) is 54.3 Å². The number of nitrogens with zero attached hydrogens (tertiary/aromatic N) is 2. The molecule has 0 bridgehead atoms. The number of hydrogen-bond acceptors (Lipinski definition) is 5. The molecular formula is C20H15ClFN3O4. The Morgan fingerprint density at radius 1 is 1.17 bits per heavy atom. The van der Waals surface area contributed by atoms with Gasteiger partial charge in [0.2, 0.25) is 5.43 Å². The average molecular weight is 416 g/mol. The maximum absolute atomic E-state index is 14.1. The molecule has 0 aliphatic carbocycles. The Hall–Kier alpha value is -3.52. The van der Waals surface area contributed by atoms with Crippen molar-refractivity contribution in [3.05, 3.63) is 86.5 Å². The van der Waals surface area contributed by atoms with Crippen molar-refractivity contribution in [3.8, 4) is 5.69 Å². The number of rotatable bonds is 4. The first kappa shape index (κ1) is 20.2. The molecule has 1 amide bonds. The molecule has 148 valence electrons. The summed E-state index contributed by atoms with van der Waals surface area (Å²) in [4.78, 5) is 36.7. The van der Waals surface area contributed by atoms with E-state index in [9.17, 15) is 18.8 Å². The molecule has 0 spiro atoms. The minimum atomic E-state index is -0.821. The summed E-state index contributed by atoms with van der Waals surface area (Å²) < 4.78 is 19.9. The number of amides is 1. The van der Waals surface area contributed by atoms with E-state index in [0.717, 1.165) is 0 Å². The zero-order valence-corrected chi connectivity index (χ0v) is 16.2. The Bertz CT molecular complexity index is 1180. The van der Waals surface area contributed by atoms with Gasteiger partial charge >= 0.3 is 5.97 Å². The van der Waals surface area contributed by atoms with Crippen LogP contribution < -0.4 is 10.7 Å². The summed E-state index contributed by atoms with van der Waals surface area (Å²) in [6.45, 7) is 1.57. The van der Waals surface area contributed by atoms with Gasteiger partial charge in [0.05, 0.1) is 17.7 Å². The van der Waals surface area contributed by atoms with Crippen molar-refractivity contribution in [1.29, 1.82) is 0 Å². The van der Waals surface area contributed by atoms with Gasteiger partial charge in [-0.15, -0.1) is 0 Å². The highest BCUT2D eigenvalue weighted by Gasteiger charge is 2.18. The molecule has 0 fully saturated rings. The lowest BCUT2D eigenvalue weighted by atomic mass is 10.2. The minimum absolute atomic E-state index is 0.0487. The number of carbonyl (C=O) groups excluding carboxylic acids is 2. The van der Waals surface area contributed by atoms with Gasteiger partial charge in [-0.3, -0.25) is 9.59 Å². The fourth-order valence-corrected chi connectivity index (χ4v) is 2.83. The van der Waals surface area contributed by atoms with Crippen LogP contribution in [0.3, 0.4) is 0 Å². The van der Waals surface area contributed by atoms with Crippen molar-refractivity contribution in [2.45, 2.75) is 6.92 Å². The summed E-state index contributed by atoms with van der Waals surface area (Å²) in [6.07, 6.45) is 0. The first-order valence-electron chi connectivity index (χ1n) is 8.37. The molecule has 1 aromatic heterocycles. The molecule has 1 heterocycles. The van der Waals surface area contributed by atoms with Crippen LogP contribution in [0.4, 0.5) is 10.1 Å². The lowest BCUT2D eigenvalue weighted by Crippen LogP contribution is -2.27. The van der Waals surface area contributed by atoms with Crippen molar-refractivity contribution in [1.82, 2.24) is 9.78 Å². The second-order valence-electron chi connectivity index (χ2n) is 6.00. The van der Waals surface area contributed by atoms with Gasteiger partial charge in [-0.05, 0) is 37.3 Å². The van der Waals surface area contributed by atoms with E-state index in [1.54, 1.807) is 13.0 Å². The fourth-order valence-electron chi connectivity index (χ4n) is 2.63. The second kappa shape index (κ2) is 8.24. The first-order valence-corrected chi connectivity index (χ1v) is 8.74. The largest absolute Gasteiger partial charge is 0.465 e. The van der Waals surface area contributed by atoms with Gasteiger partial charge in [0.25, 0.3) is 5.91 Å². The first-order chi connectivity index (χ1) is 13.8. The predicted molar refractivity (Wildman–Crippen MR) is 105 cm³/mol. The third-order valence-corrected chi connectivity index (χ3v) is 4.36. The lowest BCUT2D eigenvalue weighted by molar-refractivity contribution is 0.0600. The molecule has 0 aliphatic rings. The number of para-hydroxylation sites is 1. The number of halogens is 2. The Morgan fingerprint density at radius 2 is 1.90 bits per heavy atom. The lowest BCUT2D eigenvalue weighted by Gasteiger charge is -2.12. The third kappa shape index (κ3) is 4.17. The average Bonchev–Trinajstić information content (AvgIpc) is 2.69. The molecule has 9 heteroatoms. The summed E-state index contributed by atoms with van der Waals surface area (Å²) >= 11 is 5.95. The van der Waals surface area contributed by atoms with E-state index >= 15 is 0 Å². The van der Waals surface area contributed by atoms with Crippen LogP contribution in [0.5, 0.6) is 0 Å². The highest BCUT2D eigenvalue weighted by atomic mass is 35.5. The molecule has 0 saturated heterocycles. The molecule has 0 unspecified atom stereocenters. The van der Waals surface area contributed by atoms with Crippen molar-refractivity contribution < 1.29 is 18.7 Å². The molecule has 2 aromatic carbocycles. The number of aromatic nitrogens is 2. The third-order valence-electron chi connectivity index (χ3n) is 4.03. The van der Waals surface area contributed by atoms with E-state index < -0.39 is 28.8 Å². The van der Waals surface area contributed by atoms with Gasteiger partial charge in [0.15, 0.2) is 5.69 Å². The van der Waals surface area contributed by atoms with Crippen molar-refractivity contribution >= 4 is 29.2 Å². The fraction of sp³-hybridized carbons (Fsp3) is 0.100. The highest BCUT2D eigenvalue weighted by molar-refractivity contribution is 6.33. The molecule has 7 nitrogen and oxygen atoms in total. The van der Waals surface area contributed by atoms with Crippen LogP contribution in [-0.4, -0.2) is 28.8 Å². The number of methoxy groups -OCH3 is 1. The summed E-state index contributed by atoms with van der Waals surface area (Å²) in [6, 6.07) is 11.2. The summed E-state index contributed by atoms with van der Waals surface area (Å²) in [7, 11) is 1.20. The summed E-state index contributed by atoms with van der Waals surface area (Å²) in [5.74, 6) is -2.06. The number of benzene rings is 2. The van der Waals surface area contributed by atoms with E-state index in [2.05, 4.69) is 15.2 Å². The van der Waals surface area contributed by atoms with Gasteiger partial charge in [-0.2, -0.15) is 5.10 Å². The predicted octanol–water partition coefficient (Wildman–Crippen LogP) is 3.37. The standard InChI is InChI=1S/C20H15ClFN3O4/c1-11-9-17(26)18(24-25(11)16-6-4-3-5-15(16)22)19(27)23-12-7-8-14(21)13(10-12)20(28)29-2/h3-10H,1-2H3,(H,23,27). The molecule has 0 aliphatic heterocycles. The number of ether oxygens (including phenoxy) is 1. The zero-order chi connectivity index (χ0) is 21.1. The van der Waals surface area contributed by atoms with Crippen molar-refractivity contribution in [2.75, 3.05) is 12.4 Å². The van der Waals surface area contributed by atoms with Gasteiger partial charge in [-0.25, -0.2) is 13.9 Å². The van der Waals surface area contributed by atoms with E-state index in [1.807, 2.05) is 0 Å². The van der Waals surface area contributed by atoms with Crippen molar-refractivity contribution in [3.63, 3.8) is 0 Å². The molecule has 3 aromatic rings. The minimum Gasteiger partial charge on any atom is -0.465 e. The second-order valence-corrected chi connectivity index (χ2v) is 6.41. The number of nitrogens with one attached hydrogen (secondary N) is 1. The van der Waals surface area contributed by atoms with Crippen LogP contribution in [0, 0.1) is 12.7 Å². The molecule has 3 rings (SSSR count). The quantitative estimate of drug-likeness (QED) is 0.660. The Kier molecular flexibility index (Phi) is 5.74. The molecule has 0 saturated carbocycles. The van der Waals surface area contributed by atoms with Crippen LogP contribution in [0.15, 0.2) is 53.3 Å². The van der Waals surface area contributed by atoms with Gasteiger partial charge in [0.1, 0.15) is 11.5 Å². The maximum Gasteiger partial charge on any atom is 0.339 e. The molecule has 29 heavy (non-hydrogen) atoms. The van der Waals surface area contributed by atoms with E-state index in [4.69, 9.17) is 11.6 Å². The van der Waals surface area contributed by atoms with Crippen LogP contribution in [0.1, 0.15) is 26.5 Å². The van der Waals surface area contributed by atoms with Gasteiger partial charge in [-0.1, -0.05) is 23.7 Å².